The Kier molecular flexibility index (Phi) is 4.58. The highest BCUT2D eigenvalue weighted by Crippen LogP contribution is 2.33. The molecule has 0 saturated heterocycles. The third kappa shape index (κ3) is 4.65. The Balaban J connectivity index is 2.29. The van der Waals surface area contributed by atoms with Crippen LogP contribution < -0.4 is 10.6 Å². The fourth-order valence-corrected chi connectivity index (χ4v) is 2.19. The molecular weight excluding hydrogens is 188 g/mol. The summed E-state index contributed by atoms with van der Waals surface area (Å²) in [6.07, 6.45) is 6.26. The first-order valence-electron chi connectivity index (χ1n) is 5.97. The number of amides is 1. The maximum absolute atomic E-state index is 11.1. The molecule has 88 valence electrons. The first-order valence-corrected chi connectivity index (χ1v) is 5.97. The van der Waals surface area contributed by atoms with Gasteiger partial charge in [-0.3, -0.25) is 4.79 Å². The second-order valence-corrected chi connectivity index (χ2v) is 5.35. The number of nitrogens with one attached hydrogen (secondary N) is 2. The van der Waals surface area contributed by atoms with Crippen LogP contribution in [0.3, 0.4) is 0 Å². The van der Waals surface area contributed by atoms with Crippen molar-refractivity contribution < 1.29 is 4.79 Å². The van der Waals surface area contributed by atoms with Crippen molar-refractivity contribution in [2.24, 2.45) is 5.41 Å². The third-order valence-corrected chi connectivity index (χ3v) is 3.41. The Morgan fingerprint density at radius 3 is 2.73 bits per heavy atom. The van der Waals surface area contributed by atoms with Crippen LogP contribution in [0.2, 0.25) is 0 Å². The number of hydrogen-bond acceptors (Lipinski definition) is 2. The van der Waals surface area contributed by atoms with Gasteiger partial charge in [0.05, 0.1) is 6.54 Å². The van der Waals surface area contributed by atoms with Gasteiger partial charge in [-0.25, -0.2) is 0 Å². The zero-order chi connectivity index (χ0) is 11.3. The predicted octanol–water partition coefficient (Wildman–Crippen LogP) is 1.68. The van der Waals surface area contributed by atoms with Crippen molar-refractivity contribution in [1.29, 1.82) is 0 Å². The zero-order valence-corrected chi connectivity index (χ0v) is 10.2. The first-order chi connectivity index (χ1) is 7.03. The highest BCUT2D eigenvalue weighted by Gasteiger charge is 2.24. The Hall–Kier alpha value is -0.570. The lowest BCUT2D eigenvalue weighted by molar-refractivity contribution is -0.119. The van der Waals surface area contributed by atoms with Gasteiger partial charge in [-0.05, 0) is 31.1 Å². The molecule has 2 N–H and O–H groups in total. The molecule has 1 unspecified atom stereocenters. The molecule has 0 aliphatic heterocycles. The predicted molar refractivity (Wildman–Crippen MR) is 62.7 cm³/mol. The summed E-state index contributed by atoms with van der Waals surface area (Å²) < 4.78 is 0. The molecule has 0 heterocycles. The summed E-state index contributed by atoms with van der Waals surface area (Å²) in [6.45, 7) is 5.14. The van der Waals surface area contributed by atoms with E-state index < -0.39 is 0 Å². The normalized spacial score (nSPS) is 25.7. The number of rotatable bonds is 3. The van der Waals surface area contributed by atoms with Gasteiger partial charge in [-0.2, -0.15) is 0 Å². The van der Waals surface area contributed by atoms with Gasteiger partial charge in [0.25, 0.3) is 0 Å². The topological polar surface area (TPSA) is 41.1 Å². The van der Waals surface area contributed by atoms with E-state index in [2.05, 4.69) is 24.5 Å². The standard InChI is InChI=1S/C12H24N2O/c1-12(2)7-4-5-10(6-8-12)14-9-11(15)13-3/h10,14H,4-9H2,1-3H3,(H,13,15). The maximum atomic E-state index is 11.1. The van der Waals surface area contributed by atoms with Crippen LogP contribution in [-0.4, -0.2) is 25.5 Å². The van der Waals surface area contributed by atoms with E-state index in [9.17, 15) is 4.79 Å². The fourth-order valence-electron chi connectivity index (χ4n) is 2.19. The van der Waals surface area contributed by atoms with Crippen molar-refractivity contribution in [2.45, 2.75) is 52.0 Å². The molecule has 0 aromatic carbocycles. The first kappa shape index (κ1) is 12.5. The van der Waals surface area contributed by atoms with E-state index in [1.807, 2.05) is 0 Å². The van der Waals surface area contributed by atoms with Gasteiger partial charge < -0.3 is 10.6 Å². The summed E-state index contributed by atoms with van der Waals surface area (Å²) in [5.74, 6) is 0.0820. The summed E-state index contributed by atoms with van der Waals surface area (Å²) in [4.78, 5) is 11.1. The van der Waals surface area contributed by atoms with Crippen LogP contribution in [-0.2, 0) is 4.79 Å². The minimum absolute atomic E-state index is 0.0820. The second-order valence-electron chi connectivity index (χ2n) is 5.35. The van der Waals surface area contributed by atoms with E-state index in [-0.39, 0.29) is 5.91 Å². The van der Waals surface area contributed by atoms with Crippen molar-refractivity contribution in [3.8, 4) is 0 Å². The molecule has 0 bridgehead atoms. The number of carbonyl (C=O) groups excluding carboxylic acids is 1. The van der Waals surface area contributed by atoms with E-state index in [4.69, 9.17) is 0 Å². The molecule has 1 fully saturated rings. The average Bonchev–Trinajstić information content (AvgIpc) is 2.36. The lowest BCUT2D eigenvalue weighted by Gasteiger charge is -2.22. The summed E-state index contributed by atoms with van der Waals surface area (Å²) in [5.41, 5.74) is 0.490. The largest absolute Gasteiger partial charge is 0.358 e. The molecule has 15 heavy (non-hydrogen) atoms. The SMILES string of the molecule is CNC(=O)CNC1CCCC(C)(C)CC1. The second kappa shape index (κ2) is 5.50. The molecular formula is C12H24N2O. The molecule has 0 aromatic heterocycles. The molecule has 0 radical (unpaired) electrons. The van der Waals surface area contributed by atoms with Crippen molar-refractivity contribution in [2.75, 3.05) is 13.6 Å². The van der Waals surface area contributed by atoms with E-state index >= 15 is 0 Å². The zero-order valence-electron chi connectivity index (χ0n) is 10.2. The van der Waals surface area contributed by atoms with Crippen molar-refractivity contribution in [3.05, 3.63) is 0 Å². The number of hydrogen-bond donors (Lipinski definition) is 2. The number of likely N-dealkylation sites (N-methyl/N-ethyl adjacent to an activating group) is 1. The van der Waals surface area contributed by atoms with Crippen LogP contribution in [0.15, 0.2) is 0 Å². The summed E-state index contributed by atoms with van der Waals surface area (Å²) in [7, 11) is 1.68. The molecule has 1 aliphatic rings. The molecule has 0 spiro atoms. The number of carbonyl (C=O) groups is 1. The van der Waals surface area contributed by atoms with Crippen molar-refractivity contribution >= 4 is 5.91 Å². The lowest BCUT2D eigenvalue weighted by atomic mass is 9.85. The van der Waals surface area contributed by atoms with E-state index in [1.54, 1.807) is 7.05 Å². The van der Waals surface area contributed by atoms with Crippen LogP contribution in [0.5, 0.6) is 0 Å². The van der Waals surface area contributed by atoms with Gasteiger partial charge in [0.1, 0.15) is 0 Å². The molecule has 1 saturated carbocycles. The Labute approximate surface area is 93.0 Å². The van der Waals surface area contributed by atoms with Crippen LogP contribution in [0, 0.1) is 5.41 Å². The van der Waals surface area contributed by atoms with Crippen molar-refractivity contribution in [1.82, 2.24) is 10.6 Å². The lowest BCUT2D eigenvalue weighted by Crippen LogP contribution is -2.37. The van der Waals surface area contributed by atoms with Crippen LogP contribution in [0.25, 0.3) is 0 Å². The van der Waals surface area contributed by atoms with Gasteiger partial charge in [0.2, 0.25) is 5.91 Å². The monoisotopic (exact) mass is 212 g/mol. The third-order valence-electron chi connectivity index (χ3n) is 3.41. The molecule has 3 heteroatoms. The van der Waals surface area contributed by atoms with Gasteiger partial charge in [0, 0.05) is 13.1 Å². The smallest absolute Gasteiger partial charge is 0.233 e. The quantitative estimate of drug-likeness (QED) is 0.699. The van der Waals surface area contributed by atoms with Crippen LogP contribution in [0.4, 0.5) is 0 Å². The van der Waals surface area contributed by atoms with E-state index in [0.29, 0.717) is 18.0 Å². The fraction of sp³-hybridized carbons (Fsp3) is 0.917. The highest BCUT2D eigenvalue weighted by molar-refractivity contribution is 5.77. The molecule has 1 amide bonds. The van der Waals surface area contributed by atoms with E-state index in [1.165, 1.54) is 32.1 Å². The van der Waals surface area contributed by atoms with Crippen LogP contribution >= 0.6 is 0 Å². The Bertz CT molecular complexity index is 214. The average molecular weight is 212 g/mol. The molecule has 1 rings (SSSR count). The van der Waals surface area contributed by atoms with Gasteiger partial charge in [0.15, 0.2) is 0 Å². The molecule has 3 nitrogen and oxygen atoms in total. The summed E-state index contributed by atoms with van der Waals surface area (Å²) in [5, 5.41) is 5.97. The maximum Gasteiger partial charge on any atom is 0.233 e. The Morgan fingerprint density at radius 2 is 2.07 bits per heavy atom. The minimum atomic E-state index is 0.0820. The van der Waals surface area contributed by atoms with Gasteiger partial charge in [-0.15, -0.1) is 0 Å². The Morgan fingerprint density at radius 1 is 1.33 bits per heavy atom. The van der Waals surface area contributed by atoms with Gasteiger partial charge >= 0.3 is 0 Å². The van der Waals surface area contributed by atoms with Gasteiger partial charge in [-0.1, -0.05) is 20.3 Å². The summed E-state index contributed by atoms with van der Waals surface area (Å²) >= 11 is 0. The minimum Gasteiger partial charge on any atom is -0.358 e. The molecule has 1 aliphatic carbocycles. The highest BCUT2D eigenvalue weighted by atomic mass is 16.1. The summed E-state index contributed by atoms with van der Waals surface area (Å²) in [6, 6.07) is 0.532. The molecule has 0 aromatic rings. The van der Waals surface area contributed by atoms with E-state index in [0.717, 1.165) is 0 Å². The van der Waals surface area contributed by atoms with Crippen molar-refractivity contribution in [3.63, 3.8) is 0 Å². The molecule has 1 atom stereocenters. The van der Waals surface area contributed by atoms with Crippen LogP contribution in [0.1, 0.15) is 46.0 Å².